The largest absolute Gasteiger partial charge is 0.508 e. The minimum Gasteiger partial charge on any atom is -0.508 e. The first-order valence-corrected chi connectivity index (χ1v) is 7.06. The number of hydrogen-bond acceptors (Lipinski definition) is 4. The Hall–Kier alpha value is -1.88. The maximum atomic E-state index is 10.2. The molecule has 0 amide bonds. The van der Waals surface area contributed by atoms with E-state index in [-0.39, 0.29) is 6.04 Å². The molecule has 2 atom stereocenters. The number of aromatic amines is 1. The molecule has 0 spiro atoms. The van der Waals surface area contributed by atoms with Crippen molar-refractivity contribution in [2.75, 3.05) is 6.54 Å². The van der Waals surface area contributed by atoms with E-state index < -0.39 is 0 Å². The van der Waals surface area contributed by atoms with Crippen LogP contribution < -0.4 is 5.32 Å². The summed E-state index contributed by atoms with van der Waals surface area (Å²) < 4.78 is 0. The van der Waals surface area contributed by atoms with Gasteiger partial charge in [-0.05, 0) is 36.5 Å². The Balaban J connectivity index is 1.73. The predicted molar refractivity (Wildman–Crippen MR) is 76.7 cm³/mol. The molecule has 3 N–H and O–H groups in total. The number of H-pyrrole nitrogens is 1. The molecule has 3 rings (SSSR count). The van der Waals surface area contributed by atoms with Crippen LogP contribution in [0.3, 0.4) is 0 Å². The van der Waals surface area contributed by atoms with E-state index in [0.717, 1.165) is 30.8 Å². The number of nitrogens with zero attached hydrogens (tertiary/aromatic N) is 2. The van der Waals surface area contributed by atoms with Gasteiger partial charge in [-0.2, -0.15) is 5.10 Å². The highest BCUT2D eigenvalue weighted by Crippen LogP contribution is 2.45. The average Bonchev–Trinajstić information content (AvgIpc) is 3.03. The molecule has 1 aromatic heterocycles. The first-order valence-electron chi connectivity index (χ1n) is 7.06. The third-order valence-corrected chi connectivity index (χ3v) is 4.13. The second-order valence-electron chi connectivity index (χ2n) is 5.55. The molecule has 0 fully saturated rings. The number of nitrogens with one attached hydrogen (secondary N) is 2. The van der Waals surface area contributed by atoms with Crippen LogP contribution in [0.15, 0.2) is 18.5 Å². The normalized spacial score (nSPS) is 21.1. The van der Waals surface area contributed by atoms with Crippen molar-refractivity contribution in [2.45, 2.75) is 38.6 Å². The van der Waals surface area contributed by atoms with Crippen molar-refractivity contribution >= 4 is 0 Å². The quantitative estimate of drug-likeness (QED) is 0.797. The molecule has 0 radical (unpaired) electrons. The Kier molecular flexibility index (Phi) is 3.44. The Labute approximate surface area is 118 Å². The molecule has 1 aromatic carbocycles. The Bertz CT molecular complexity index is 594. The van der Waals surface area contributed by atoms with Crippen molar-refractivity contribution in [2.24, 2.45) is 0 Å². The van der Waals surface area contributed by atoms with E-state index >= 15 is 0 Å². The number of phenolic OH excluding ortho intramolecular Hbond substituents is 1. The lowest BCUT2D eigenvalue weighted by atomic mass is 9.97. The molecular weight excluding hydrogens is 252 g/mol. The molecule has 1 heterocycles. The summed E-state index contributed by atoms with van der Waals surface area (Å²) in [6, 6.07) is 4.03. The summed E-state index contributed by atoms with van der Waals surface area (Å²) in [7, 11) is 0. The zero-order valence-electron chi connectivity index (χ0n) is 11.8. The van der Waals surface area contributed by atoms with Gasteiger partial charge in [-0.15, -0.1) is 0 Å². The van der Waals surface area contributed by atoms with Crippen LogP contribution in [0.5, 0.6) is 5.75 Å². The van der Waals surface area contributed by atoms with Crippen molar-refractivity contribution in [3.05, 3.63) is 41.0 Å². The highest BCUT2D eigenvalue weighted by molar-refractivity contribution is 5.50. The second-order valence-corrected chi connectivity index (χ2v) is 5.55. The van der Waals surface area contributed by atoms with E-state index in [9.17, 15) is 5.11 Å². The third-order valence-electron chi connectivity index (χ3n) is 4.13. The van der Waals surface area contributed by atoms with Gasteiger partial charge in [0.2, 0.25) is 0 Å². The molecule has 2 aromatic rings. The number of aromatic nitrogens is 3. The van der Waals surface area contributed by atoms with Gasteiger partial charge in [0.1, 0.15) is 17.9 Å². The first kappa shape index (κ1) is 13.1. The standard InChI is InChI=1S/C15H20N4O/c1-9-3-4-12(20)15-11(7-10(2)14(9)15)16-6-5-13-17-8-18-19-13/h3-4,8,10-11,16,20H,5-7H2,1-2H3,(H,17,18,19). The number of aryl methyl sites for hydroxylation is 1. The van der Waals surface area contributed by atoms with E-state index in [0.29, 0.717) is 11.7 Å². The SMILES string of the molecule is Cc1ccc(O)c2c1C(C)CC2NCCc1ncn[nH]1. The molecule has 1 aliphatic rings. The fraction of sp³-hybridized carbons (Fsp3) is 0.467. The molecule has 0 aliphatic heterocycles. The van der Waals surface area contributed by atoms with E-state index in [1.807, 2.05) is 6.07 Å². The Morgan fingerprint density at radius 1 is 1.40 bits per heavy atom. The van der Waals surface area contributed by atoms with Crippen molar-refractivity contribution in [1.82, 2.24) is 20.5 Å². The van der Waals surface area contributed by atoms with Crippen LogP contribution in [0.4, 0.5) is 0 Å². The lowest BCUT2D eigenvalue weighted by Crippen LogP contribution is -2.22. The second kappa shape index (κ2) is 5.25. The molecule has 0 saturated heterocycles. The van der Waals surface area contributed by atoms with Crippen molar-refractivity contribution in [3.63, 3.8) is 0 Å². The number of fused-ring (bicyclic) bond motifs is 1. The Morgan fingerprint density at radius 2 is 2.25 bits per heavy atom. The summed E-state index contributed by atoms with van der Waals surface area (Å²) in [5.74, 6) is 1.78. The summed E-state index contributed by atoms with van der Waals surface area (Å²) in [6.07, 6.45) is 3.37. The van der Waals surface area contributed by atoms with Crippen molar-refractivity contribution < 1.29 is 5.11 Å². The maximum absolute atomic E-state index is 10.2. The third kappa shape index (κ3) is 2.29. The van der Waals surface area contributed by atoms with Crippen molar-refractivity contribution in [1.29, 1.82) is 0 Å². The van der Waals surface area contributed by atoms with Crippen LogP contribution >= 0.6 is 0 Å². The van der Waals surface area contributed by atoms with Gasteiger partial charge < -0.3 is 10.4 Å². The molecule has 5 nitrogen and oxygen atoms in total. The lowest BCUT2D eigenvalue weighted by molar-refractivity contribution is 0.446. The van der Waals surface area contributed by atoms with Gasteiger partial charge >= 0.3 is 0 Å². The van der Waals surface area contributed by atoms with Gasteiger partial charge in [0.25, 0.3) is 0 Å². The van der Waals surface area contributed by atoms with Crippen LogP contribution in [0.1, 0.15) is 47.8 Å². The van der Waals surface area contributed by atoms with Gasteiger partial charge in [0, 0.05) is 24.6 Å². The topological polar surface area (TPSA) is 73.8 Å². The molecule has 0 saturated carbocycles. The highest BCUT2D eigenvalue weighted by Gasteiger charge is 2.31. The first-order chi connectivity index (χ1) is 9.66. The van der Waals surface area contributed by atoms with E-state index in [2.05, 4.69) is 34.3 Å². The molecule has 2 unspecified atom stereocenters. The van der Waals surface area contributed by atoms with Gasteiger partial charge in [0.15, 0.2) is 0 Å². The molecule has 1 aliphatic carbocycles. The highest BCUT2D eigenvalue weighted by atomic mass is 16.3. The van der Waals surface area contributed by atoms with Crippen LogP contribution in [0.2, 0.25) is 0 Å². The minimum absolute atomic E-state index is 0.225. The van der Waals surface area contributed by atoms with Crippen molar-refractivity contribution in [3.8, 4) is 5.75 Å². The average molecular weight is 272 g/mol. The van der Waals surface area contributed by atoms with Gasteiger partial charge in [-0.3, -0.25) is 5.10 Å². The summed E-state index contributed by atoms with van der Waals surface area (Å²) in [6.45, 7) is 5.16. The van der Waals surface area contributed by atoms with Gasteiger partial charge in [0.05, 0.1) is 0 Å². The van der Waals surface area contributed by atoms with Crippen LogP contribution in [-0.4, -0.2) is 26.8 Å². The monoisotopic (exact) mass is 272 g/mol. The molecular formula is C15H20N4O. The van der Waals surface area contributed by atoms with Gasteiger partial charge in [-0.25, -0.2) is 4.98 Å². The molecule has 106 valence electrons. The maximum Gasteiger partial charge on any atom is 0.137 e. The molecule has 0 bridgehead atoms. The number of aromatic hydroxyl groups is 1. The van der Waals surface area contributed by atoms with E-state index in [1.165, 1.54) is 17.5 Å². The smallest absolute Gasteiger partial charge is 0.137 e. The molecule has 5 heteroatoms. The summed E-state index contributed by atoms with van der Waals surface area (Å²) in [5.41, 5.74) is 3.65. The van der Waals surface area contributed by atoms with Crippen LogP contribution in [-0.2, 0) is 6.42 Å². The minimum atomic E-state index is 0.225. The van der Waals surface area contributed by atoms with E-state index in [4.69, 9.17) is 0 Å². The number of hydrogen-bond donors (Lipinski definition) is 3. The summed E-state index contributed by atoms with van der Waals surface area (Å²) >= 11 is 0. The summed E-state index contributed by atoms with van der Waals surface area (Å²) in [5, 5.41) is 20.4. The van der Waals surface area contributed by atoms with Gasteiger partial charge in [-0.1, -0.05) is 13.0 Å². The zero-order valence-corrected chi connectivity index (χ0v) is 11.8. The lowest BCUT2D eigenvalue weighted by Gasteiger charge is -2.15. The van der Waals surface area contributed by atoms with Crippen LogP contribution in [0, 0.1) is 6.92 Å². The predicted octanol–water partition coefficient (Wildman–Crippen LogP) is 2.20. The summed E-state index contributed by atoms with van der Waals surface area (Å²) in [4.78, 5) is 4.12. The van der Waals surface area contributed by atoms with E-state index in [1.54, 1.807) is 6.07 Å². The number of benzene rings is 1. The number of phenols is 1. The fourth-order valence-corrected chi connectivity index (χ4v) is 3.24. The zero-order chi connectivity index (χ0) is 14.1. The molecule has 20 heavy (non-hydrogen) atoms. The fourth-order valence-electron chi connectivity index (χ4n) is 3.24. The number of rotatable bonds is 4. The Morgan fingerprint density at radius 3 is 3.00 bits per heavy atom. The van der Waals surface area contributed by atoms with Crippen LogP contribution in [0.25, 0.3) is 0 Å².